The summed E-state index contributed by atoms with van der Waals surface area (Å²) in [5.74, 6) is 4.47. The Morgan fingerprint density at radius 1 is 1.03 bits per heavy atom. The van der Waals surface area contributed by atoms with Crippen molar-refractivity contribution in [2.75, 3.05) is 19.0 Å². The van der Waals surface area contributed by atoms with E-state index in [1.165, 1.54) is 0 Å². The molecule has 0 fully saturated rings. The maximum absolute atomic E-state index is 6.08. The lowest BCUT2D eigenvalue weighted by molar-refractivity contribution is -0.379. The number of para-hydroxylation sites is 1. The number of terminal acetylenes is 1. The summed E-state index contributed by atoms with van der Waals surface area (Å²) in [6.07, 6.45) is 16.1. The molecule has 0 atom stereocenters. The average Bonchev–Trinajstić information content (AvgIpc) is 3.04. The maximum atomic E-state index is 6.08. The second-order valence-corrected chi connectivity index (χ2v) is 7.61. The molecule has 2 aromatic rings. The second-order valence-electron chi connectivity index (χ2n) is 7.61. The largest absolute Gasteiger partial charge is 0.457 e. The summed E-state index contributed by atoms with van der Waals surface area (Å²) < 4.78 is 8.28. The van der Waals surface area contributed by atoms with Gasteiger partial charge >= 0.3 is 0 Å². The second kappa shape index (κ2) is 7.93. The van der Waals surface area contributed by atoms with Crippen LogP contribution in [0, 0.1) is 12.3 Å². The molecule has 0 bridgehead atoms. The van der Waals surface area contributed by atoms with E-state index >= 15 is 0 Å². The van der Waals surface area contributed by atoms with Crippen LogP contribution in [0.5, 0.6) is 5.75 Å². The molecule has 0 N–H and O–H groups in total. The van der Waals surface area contributed by atoms with E-state index in [0.717, 1.165) is 51.0 Å². The van der Waals surface area contributed by atoms with Crippen molar-refractivity contribution in [2.24, 2.45) is 0 Å². The van der Waals surface area contributed by atoms with E-state index in [2.05, 4.69) is 65.7 Å². The van der Waals surface area contributed by atoms with Gasteiger partial charge in [0.25, 0.3) is 0 Å². The fourth-order valence-corrected chi connectivity index (χ4v) is 3.75. The Labute approximate surface area is 178 Å². The van der Waals surface area contributed by atoms with Crippen molar-refractivity contribution in [1.29, 1.82) is 0 Å². The lowest BCUT2D eigenvalue weighted by atomic mass is 10.1. The molecule has 2 aliphatic heterocycles. The van der Waals surface area contributed by atoms with Crippen LogP contribution in [0.2, 0.25) is 0 Å². The number of anilines is 1. The fourth-order valence-electron chi connectivity index (χ4n) is 3.75. The Morgan fingerprint density at radius 3 is 2.60 bits per heavy atom. The zero-order valence-electron chi connectivity index (χ0n) is 17.8. The van der Waals surface area contributed by atoms with E-state index in [4.69, 9.17) is 11.2 Å². The van der Waals surface area contributed by atoms with Crippen molar-refractivity contribution in [2.45, 2.75) is 13.8 Å². The third-order valence-corrected chi connectivity index (χ3v) is 5.36. The summed E-state index contributed by atoms with van der Waals surface area (Å²) in [5, 5.41) is 0. The molecule has 0 spiro atoms. The monoisotopic (exact) mass is 393 g/mol. The molecule has 2 aromatic carbocycles. The van der Waals surface area contributed by atoms with Gasteiger partial charge in [0, 0.05) is 56.9 Å². The summed E-state index contributed by atoms with van der Waals surface area (Å²) in [7, 11) is 4.07. The van der Waals surface area contributed by atoms with Crippen molar-refractivity contribution >= 4 is 23.2 Å². The number of fused-ring (bicyclic) bond motifs is 1. The molecule has 3 nitrogen and oxygen atoms in total. The fraction of sp³-hybridized carbons (Fsp3) is 0.148. The first kappa shape index (κ1) is 19.5. The molecular formula is C27H25N2O+. The Kier molecular flexibility index (Phi) is 5.16. The van der Waals surface area contributed by atoms with Crippen LogP contribution < -0.4 is 9.64 Å². The highest BCUT2D eigenvalue weighted by Crippen LogP contribution is 2.31. The van der Waals surface area contributed by atoms with Gasteiger partial charge in [0.15, 0.2) is 11.4 Å². The van der Waals surface area contributed by atoms with Crippen molar-refractivity contribution in [1.82, 2.24) is 0 Å². The van der Waals surface area contributed by atoms with Gasteiger partial charge in [-0.2, -0.15) is 4.58 Å². The Bertz CT molecular complexity index is 1210. The lowest BCUT2D eigenvalue weighted by Gasteiger charge is -2.18. The first-order valence-electron chi connectivity index (χ1n) is 9.95. The topological polar surface area (TPSA) is 15.5 Å². The van der Waals surface area contributed by atoms with Gasteiger partial charge in [-0.3, -0.25) is 0 Å². The zero-order valence-corrected chi connectivity index (χ0v) is 17.8. The maximum Gasteiger partial charge on any atom is 0.226 e. The van der Waals surface area contributed by atoms with E-state index in [1.807, 2.05) is 50.5 Å². The zero-order chi connectivity index (χ0) is 21.3. The summed E-state index contributed by atoms with van der Waals surface area (Å²) >= 11 is 0. The molecule has 3 heteroatoms. The highest BCUT2D eigenvalue weighted by Gasteiger charge is 2.27. The molecular weight excluding hydrogens is 368 g/mol. The van der Waals surface area contributed by atoms with Crippen molar-refractivity contribution in [3.05, 3.63) is 94.9 Å². The highest BCUT2D eigenvalue weighted by molar-refractivity contribution is 6.00. The number of benzene rings is 2. The molecule has 2 heterocycles. The van der Waals surface area contributed by atoms with E-state index in [1.54, 1.807) is 0 Å². The van der Waals surface area contributed by atoms with Gasteiger partial charge < -0.3 is 9.64 Å². The number of allylic oxidation sites excluding steroid dienone is 6. The van der Waals surface area contributed by atoms with Crippen LogP contribution in [0.3, 0.4) is 0 Å². The Hall–Kier alpha value is -3.77. The summed E-state index contributed by atoms with van der Waals surface area (Å²) in [4.78, 5) is 2.08. The molecule has 0 aliphatic carbocycles. The smallest absolute Gasteiger partial charge is 0.226 e. The quantitative estimate of drug-likeness (QED) is 0.493. The van der Waals surface area contributed by atoms with Crippen LogP contribution in [0.4, 0.5) is 11.4 Å². The third-order valence-electron chi connectivity index (χ3n) is 5.36. The molecule has 2 aliphatic rings. The van der Waals surface area contributed by atoms with E-state index in [0.29, 0.717) is 0 Å². The van der Waals surface area contributed by atoms with E-state index in [9.17, 15) is 0 Å². The lowest BCUT2D eigenvalue weighted by Crippen LogP contribution is -2.09. The molecule has 4 rings (SSSR count). The molecule has 30 heavy (non-hydrogen) atoms. The third kappa shape index (κ3) is 3.60. The van der Waals surface area contributed by atoms with Gasteiger partial charge in [-0.1, -0.05) is 18.1 Å². The molecule has 0 aromatic heterocycles. The summed E-state index contributed by atoms with van der Waals surface area (Å²) in [6.45, 7) is 4.21. The molecule has 0 radical (unpaired) electrons. The number of hydrogen-bond acceptors (Lipinski definition) is 2. The first-order valence-corrected chi connectivity index (χ1v) is 9.95. The number of hydrogen-bond donors (Lipinski definition) is 0. The highest BCUT2D eigenvalue weighted by atomic mass is 16.5. The van der Waals surface area contributed by atoms with Gasteiger partial charge in [-0.25, -0.2) is 0 Å². The Morgan fingerprint density at radius 2 is 1.83 bits per heavy atom. The van der Waals surface area contributed by atoms with Crippen molar-refractivity contribution in [3.63, 3.8) is 0 Å². The van der Waals surface area contributed by atoms with Gasteiger partial charge in [0.05, 0.1) is 5.56 Å². The van der Waals surface area contributed by atoms with Gasteiger partial charge in [0.1, 0.15) is 11.5 Å². The number of rotatable bonds is 3. The molecule has 0 amide bonds. The summed E-state index contributed by atoms with van der Waals surface area (Å²) in [6, 6.07) is 14.2. The SMILES string of the molecule is C#Cc1ccccc1[N+]1=C(C)/C(=C/C=C2/C=Cc3cc(N(C)C)ccc3O2)C=C1C. The number of nitrogens with zero attached hydrogens (tertiary/aromatic N) is 2. The minimum Gasteiger partial charge on any atom is -0.457 e. The molecule has 0 unspecified atom stereocenters. The first-order chi connectivity index (χ1) is 14.5. The molecule has 148 valence electrons. The van der Waals surface area contributed by atoms with E-state index < -0.39 is 0 Å². The van der Waals surface area contributed by atoms with Gasteiger partial charge in [0.2, 0.25) is 5.69 Å². The van der Waals surface area contributed by atoms with Crippen LogP contribution in [0.1, 0.15) is 25.0 Å². The van der Waals surface area contributed by atoms with Crippen LogP contribution in [0.25, 0.3) is 6.08 Å². The van der Waals surface area contributed by atoms with Gasteiger partial charge in [-0.05, 0) is 48.6 Å². The standard InChI is InChI=1S/C27H25N2O/c1-6-21-9-7-8-10-26(21)29-19(2)17-22(20(29)3)11-14-25-15-12-23-18-24(28(4)5)13-16-27(23)30-25/h1,7-18H,2-5H3/q+1/b22-11+,25-14-. The predicted octanol–water partition coefficient (Wildman–Crippen LogP) is 5.67. The van der Waals surface area contributed by atoms with E-state index in [-0.39, 0.29) is 0 Å². The van der Waals surface area contributed by atoms with Crippen LogP contribution >= 0.6 is 0 Å². The normalized spacial score (nSPS) is 17.6. The summed E-state index contributed by atoms with van der Waals surface area (Å²) in [5.41, 5.74) is 7.57. The van der Waals surface area contributed by atoms with Crippen LogP contribution in [-0.4, -0.2) is 24.4 Å². The number of ether oxygens (including phenoxy) is 1. The van der Waals surface area contributed by atoms with Crippen molar-refractivity contribution in [3.8, 4) is 18.1 Å². The van der Waals surface area contributed by atoms with Gasteiger partial charge in [-0.15, -0.1) is 6.42 Å². The van der Waals surface area contributed by atoms with Crippen LogP contribution in [-0.2, 0) is 0 Å². The minimum atomic E-state index is 0.814. The van der Waals surface area contributed by atoms with Crippen molar-refractivity contribution < 1.29 is 9.31 Å². The average molecular weight is 394 g/mol. The Balaban J connectivity index is 1.64. The van der Waals surface area contributed by atoms with Crippen LogP contribution in [0.15, 0.2) is 83.8 Å². The minimum absolute atomic E-state index is 0.814. The molecule has 0 saturated heterocycles. The predicted molar refractivity (Wildman–Crippen MR) is 125 cm³/mol. The molecule has 0 saturated carbocycles.